The van der Waals surface area contributed by atoms with Crippen molar-refractivity contribution in [1.29, 1.82) is 0 Å². The summed E-state index contributed by atoms with van der Waals surface area (Å²) in [6.07, 6.45) is 1.56. The number of fused-ring (bicyclic) bond motifs is 1. The number of phenols is 1. The van der Waals surface area contributed by atoms with Gasteiger partial charge < -0.3 is 10.4 Å². The fourth-order valence-corrected chi connectivity index (χ4v) is 2.16. The third-order valence-electron chi connectivity index (χ3n) is 3.20. The summed E-state index contributed by atoms with van der Waals surface area (Å²) in [7, 11) is 1.76. The normalized spacial score (nSPS) is 10.7. The third kappa shape index (κ3) is 2.55. The topological polar surface area (TPSA) is 80.0 Å². The zero-order chi connectivity index (χ0) is 14.8. The van der Waals surface area contributed by atoms with Crippen molar-refractivity contribution in [1.82, 2.24) is 20.1 Å². The van der Waals surface area contributed by atoms with Gasteiger partial charge in [-0.1, -0.05) is 30.3 Å². The molecule has 6 nitrogen and oxygen atoms in total. The molecule has 2 N–H and O–H groups in total. The number of amides is 1. The molecule has 1 heterocycles. The summed E-state index contributed by atoms with van der Waals surface area (Å²) in [5.41, 5.74) is 0.240. The van der Waals surface area contributed by atoms with E-state index >= 15 is 0 Å². The van der Waals surface area contributed by atoms with Gasteiger partial charge in [-0.25, -0.2) is 4.98 Å². The molecule has 0 aliphatic carbocycles. The Labute approximate surface area is 121 Å². The summed E-state index contributed by atoms with van der Waals surface area (Å²) < 4.78 is 1.56. The zero-order valence-corrected chi connectivity index (χ0v) is 11.4. The first-order chi connectivity index (χ1) is 10.1. The Morgan fingerprint density at radius 1 is 1.29 bits per heavy atom. The zero-order valence-electron chi connectivity index (χ0n) is 11.4. The van der Waals surface area contributed by atoms with Crippen molar-refractivity contribution in [2.75, 3.05) is 0 Å². The Bertz CT molecular complexity index is 810. The monoisotopic (exact) mass is 282 g/mol. The SMILES string of the molecule is Cn1cnc(CNC(=O)c2ccc3ccccc3c2O)n1. The lowest BCUT2D eigenvalue weighted by atomic mass is 10.0. The van der Waals surface area contributed by atoms with Crippen molar-refractivity contribution in [2.45, 2.75) is 6.54 Å². The van der Waals surface area contributed by atoms with Gasteiger partial charge in [0.2, 0.25) is 0 Å². The van der Waals surface area contributed by atoms with Crippen LogP contribution in [0.25, 0.3) is 10.8 Å². The molecule has 1 amide bonds. The highest BCUT2D eigenvalue weighted by Crippen LogP contribution is 2.28. The first kappa shape index (κ1) is 13.1. The molecule has 3 aromatic rings. The number of aromatic nitrogens is 3. The van der Waals surface area contributed by atoms with Crippen LogP contribution in [0.3, 0.4) is 0 Å². The van der Waals surface area contributed by atoms with Crippen LogP contribution in [0.4, 0.5) is 0 Å². The molecular weight excluding hydrogens is 268 g/mol. The number of aromatic hydroxyl groups is 1. The highest BCUT2D eigenvalue weighted by atomic mass is 16.3. The molecule has 106 valence electrons. The number of benzene rings is 2. The molecule has 0 saturated carbocycles. The summed E-state index contributed by atoms with van der Waals surface area (Å²) in [5.74, 6) is 0.149. The van der Waals surface area contributed by atoms with Crippen LogP contribution in [0.5, 0.6) is 5.75 Å². The van der Waals surface area contributed by atoms with Crippen LogP contribution in [0.15, 0.2) is 42.7 Å². The van der Waals surface area contributed by atoms with E-state index in [9.17, 15) is 9.90 Å². The summed E-state index contributed by atoms with van der Waals surface area (Å²) in [4.78, 5) is 16.2. The quantitative estimate of drug-likeness (QED) is 0.764. The lowest BCUT2D eigenvalue weighted by molar-refractivity contribution is 0.0947. The Hall–Kier alpha value is -2.89. The molecular formula is C15H14N4O2. The molecule has 1 aromatic heterocycles. The fraction of sp³-hybridized carbons (Fsp3) is 0.133. The van der Waals surface area contributed by atoms with E-state index in [4.69, 9.17) is 0 Å². The van der Waals surface area contributed by atoms with Crippen molar-refractivity contribution >= 4 is 16.7 Å². The predicted molar refractivity (Wildman–Crippen MR) is 77.8 cm³/mol. The maximum Gasteiger partial charge on any atom is 0.255 e. The van der Waals surface area contributed by atoms with E-state index in [1.54, 1.807) is 30.2 Å². The molecule has 0 aliphatic rings. The van der Waals surface area contributed by atoms with Gasteiger partial charge >= 0.3 is 0 Å². The van der Waals surface area contributed by atoms with Gasteiger partial charge in [0.15, 0.2) is 5.82 Å². The lowest BCUT2D eigenvalue weighted by Crippen LogP contribution is -2.23. The van der Waals surface area contributed by atoms with E-state index in [1.807, 2.05) is 24.3 Å². The van der Waals surface area contributed by atoms with Crippen LogP contribution in [0, 0.1) is 0 Å². The van der Waals surface area contributed by atoms with Gasteiger partial charge in [-0.2, -0.15) is 5.10 Å². The minimum Gasteiger partial charge on any atom is -0.506 e. The molecule has 0 aliphatic heterocycles. The van der Waals surface area contributed by atoms with Crippen LogP contribution in [0.1, 0.15) is 16.2 Å². The molecule has 0 atom stereocenters. The number of carbonyl (C=O) groups is 1. The van der Waals surface area contributed by atoms with Gasteiger partial charge in [-0.15, -0.1) is 0 Å². The number of hydrogen-bond acceptors (Lipinski definition) is 4. The number of aryl methyl sites for hydroxylation is 1. The Balaban J connectivity index is 1.82. The Morgan fingerprint density at radius 2 is 2.10 bits per heavy atom. The largest absolute Gasteiger partial charge is 0.506 e. The van der Waals surface area contributed by atoms with Crippen molar-refractivity contribution in [3.63, 3.8) is 0 Å². The average Bonchev–Trinajstić information content (AvgIpc) is 2.91. The maximum atomic E-state index is 12.2. The van der Waals surface area contributed by atoms with Crippen LogP contribution in [-0.4, -0.2) is 25.8 Å². The second-order valence-electron chi connectivity index (χ2n) is 4.70. The van der Waals surface area contributed by atoms with Gasteiger partial charge in [0.25, 0.3) is 5.91 Å². The van der Waals surface area contributed by atoms with Crippen LogP contribution < -0.4 is 5.32 Å². The predicted octanol–water partition coefficient (Wildman–Crippen LogP) is 1.60. The Morgan fingerprint density at radius 3 is 2.86 bits per heavy atom. The lowest BCUT2D eigenvalue weighted by Gasteiger charge is -2.08. The first-order valence-electron chi connectivity index (χ1n) is 6.48. The molecule has 0 unspecified atom stereocenters. The van der Waals surface area contributed by atoms with E-state index in [-0.39, 0.29) is 23.8 Å². The first-order valence-corrected chi connectivity index (χ1v) is 6.48. The van der Waals surface area contributed by atoms with E-state index < -0.39 is 0 Å². The average molecular weight is 282 g/mol. The fourth-order valence-electron chi connectivity index (χ4n) is 2.16. The summed E-state index contributed by atoms with van der Waals surface area (Å²) >= 11 is 0. The molecule has 6 heteroatoms. The smallest absolute Gasteiger partial charge is 0.255 e. The van der Waals surface area contributed by atoms with E-state index in [0.29, 0.717) is 11.2 Å². The number of phenolic OH excluding ortho intramolecular Hbond substituents is 1. The van der Waals surface area contributed by atoms with Gasteiger partial charge in [0, 0.05) is 12.4 Å². The molecule has 2 aromatic carbocycles. The molecule has 0 spiro atoms. The van der Waals surface area contributed by atoms with Gasteiger partial charge in [0.1, 0.15) is 12.1 Å². The second kappa shape index (κ2) is 5.24. The number of carbonyl (C=O) groups excluding carboxylic acids is 1. The highest BCUT2D eigenvalue weighted by Gasteiger charge is 2.13. The third-order valence-corrected chi connectivity index (χ3v) is 3.20. The number of rotatable bonds is 3. The molecule has 0 radical (unpaired) electrons. The summed E-state index contributed by atoms with van der Waals surface area (Å²) in [6, 6.07) is 10.8. The summed E-state index contributed by atoms with van der Waals surface area (Å²) in [6.45, 7) is 0.214. The highest BCUT2D eigenvalue weighted by molar-refractivity contribution is 6.03. The molecule has 0 bridgehead atoms. The van der Waals surface area contributed by atoms with Crippen molar-refractivity contribution < 1.29 is 9.90 Å². The minimum atomic E-state index is -0.356. The molecule has 0 saturated heterocycles. The summed E-state index contributed by atoms with van der Waals surface area (Å²) in [5, 5.41) is 18.5. The molecule has 0 fully saturated rings. The molecule has 3 rings (SSSR count). The standard InChI is InChI=1S/C15H14N4O2/c1-19-9-17-13(18-19)8-16-15(21)12-7-6-10-4-2-3-5-11(10)14(12)20/h2-7,9,20H,8H2,1H3,(H,16,21). The molecule has 21 heavy (non-hydrogen) atoms. The van der Waals surface area contributed by atoms with Crippen LogP contribution >= 0.6 is 0 Å². The van der Waals surface area contributed by atoms with Crippen molar-refractivity contribution in [3.05, 3.63) is 54.1 Å². The van der Waals surface area contributed by atoms with Crippen LogP contribution in [0.2, 0.25) is 0 Å². The van der Waals surface area contributed by atoms with E-state index in [2.05, 4.69) is 15.4 Å². The number of hydrogen-bond donors (Lipinski definition) is 2. The number of nitrogens with one attached hydrogen (secondary N) is 1. The number of nitrogens with zero attached hydrogens (tertiary/aromatic N) is 3. The Kier molecular flexibility index (Phi) is 3.27. The van der Waals surface area contributed by atoms with Gasteiger partial charge in [0.05, 0.1) is 12.1 Å². The van der Waals surface area contributed by atoms with Gasteiger partial charge in [-0.05, 0) is 11.5 Å². The second-order valence-corrected chi connectivity index (χ2v) is 4.70. The van der Waals surface area contributed by atoms with Gasteiger partial charge in [-0.3, -0.25) is 9.48 Å². The van der Waals surface area contributed by atoms with Crippen molar-refractivity contribution in [2.24, 2.45) is 7.05 Å². The van der Waals surface area contributed by atoms with E-state index in [1.165, 1.54) is 0 Å². The maximum absolute atomic E-state index is 12.2. The van der Waals surface area contributed by atoms with Crippen molar-refractivity contribution in [3.8, 4) is 5.75 Å². The minimum absolute atomic E-state index is 0.0143. The van der Waals surface area contributed by atoms with Crippen LogP contribution in [-0.2, 0) is 13.6 Å². The van der Waals surface area contributed by atoms with E-state index in [0.717, 1.165) is 5.39 Å².